The first-order chi connectivity index (χ1) is 7.99. The van der Waals surface area contributed by atoms with Crippen molar-refractivity contribution in [3.8, 4) is 12.3 Å². The van der Waals surface area contributed by atoms with E-state index in [-0.39, 0.29) is 5.91 Å². The van der Waals surface area contributed by atoms with Gasteiger partial charge in [0.05, 0.1) is 5.54 Å². The van der Waals surface area contributed by atoms with Gasteiger partial charge in [-0.15, -0.1) is 6.42 Å². The summed E-state index contributed by atoms with van der Waals surface area (Å²) in [6.07, 6.45) is 6.81. The maximum absolute atomic E-state index is 11.9. The minimum atomic E-state index is -0.846. The number of terminal acetylenes is 1. The second-order valence-corrected chi connectivity index (χ2v) is 4.35. The predicted molar refractivity (Wildman–Crippen MR) is 70.5 cm³/mol. The summed E-state index contributed by atoms with van der Waals surface area (Å²) in [6.45, 7) is 3.73. The zero-order valence-corrected chi connectivity index (χ0v) is 10.3. The fraction of sp³-hybridized carbons (Fsp3) is 0.357. The monoisotopic (exact) mass is 230 g/mol. The van der Waals surface area contributed by atoms with Gasteiger partial charge in [0.2, 0.25) is 5.91 Å². The Labute approximate surface area is 102 Å². The van der Waals surface area contributed by atoms with Gasteiger partial charge < -0.3 is 11.1 Å². The fourth-order valence-electron chi connectivity index (χ4n) is 1.59. The van der Waals surface area contributed by atoms with Crippen LogP contribution in [-0.2, 0) is 4.79 Å². The van der Waals surface area contributed by atoms with Gasteiger partial charge in [-0.3, -0.25) is 4.79 Å². The summed E-state index contributed by atoms with van der Waals surface area (Å²) in [7, 11) is 0. The number of anilines is 1. The smallest absolute Gasteiger partial charge is 0.244 e. The molecule has 0 aromatic heterocycles. The van der Waals surface area contributed by atoms with Gasteiger partial charge in [0.15, 0.2) is 0 Å². The topological polar surface area (TPSA) is 55.1 Å². The third-order valence-corrected chi connectivity index (χ3v) is 2.58. The molecule has 1 unspecified atom stereocenters. The lowest BCUT2D eigenvalue weighted by atomic mass is 9.96. The number of hydrogen-bond acceptors (Lipinski definition) is 2. The Kier molecular flexibility index (Phi) is 4.30. The van der Waals surface area contributed by atoms with Crippen LogP contribution in [-0.4, -0.2) is 11.4 Å². The van der Waals surface area contributed by atoms with Crippen LogP contribution in [0.4, 0.5) is 5.69 Å². The highest BCUT2D eigenvalue weighted by molar-refractivity contribution is 5.97. The van der Waals surface area contributed by atoms with E-state index < -0.39 is 5.54 Å². The van der Waals surface area contributed by atoms with Gasteiger partial charge in [0.25, 0.3) is 0 Å². The number of nitrogens with two attached hydrogens (primary N) is 1. The Bertz CT molecular complexity index is 444. The minimum absolute atomic E-state index is 0.187. The highest BCUT2D eigenvalue weighted by Crippen LogP contribution is 2.14. The van der Waals surface area contributed by atoms with Crippen LogP contribution in [0.1, 0.15) is 32.3 Å². The third kappa shape index (κ3) is 3.61. The Morgan fingerprint density at radius 2 is 2.29 bits per heavy atom. The van der Waals surface area contributed by atoms with E-state index in [1.54, 1.807) is 25.1 Å². The molecule has 1 aromatic rings. The maximum Gasteiger partial charge on any atom is 0.244 e. The number of nitrogens with one attached hydrogen (secondary N) is 1. The molecule has 17 heavy (non-hydrogen) atoms. The molecule has 90 valence electrons. The molecule has 0 heterocycles. The molecule has 1 amide bonds. The summed E-state index contributed by atoms with van der Waals surface area (Å²) in [5.41, 5.74) is 6.50. The molecular weight excluding hydrogens is 212 g/mol. The molecule has 0 spiro atoms. The second kappa shape index (κ2) is 5.51. The molecule has 0 aliphatic heterocycles. The lowest BCUT2D eigenvalue weighted by Gasteiger charge is -2.22. The summed E-state index contributed by atoms with van der Waals surface area (Å²) < 4.78 is 0. The summed E-state index contributed by atoms with van der Waals surface area (Å²) in [5, 5.41) is 2.78. The Hall–Kier alpha value is -1.79. The van der Waals surface area contributed by atoms with E-state index in [1.165, 1.54) is 0 Å². The first-order valence-corrected chi connectivity index (χ1v) is 5.66. The zero-order chi connectivity index (χ0) is 12.9. The van der Waals surface area contributed by atoms with Gasteiger partial charge >= 0.3 is 0 Å². The van der Waals surface area contributed by atoms with Crippen molar-refractivity contribution < 1.29 is 4.79 Å². The van der Waals surface area contributed by atoms with Crippen LogP contribution in [0.15, 0.2) is 24.3 Å². The van der Waals surface area contributed by atoms with Gasteiger partial charge in [-0.25, -0.2) is 0 Å². The highest BCUT2D eigenvalue weighted by Gasteiger charge is 2.26. The summed E-state index contributed by atoms with van der Waals surface area (Å²) >= 11 is 0. The molecule has 3 N–H and O–H groups in total. The van der Waals surface area contributed by atoms with Crippen molar-refractivity contribution in [1.29, 1.82) is 0 Å². The van der Waals surface area contributed by atoms with Gasteiger partial charge in [-0.1, -0.05) is 25.3 Å². The van der Waals surface area contributed by atoms with Gasteiger partial charge in [0, 0.05) is 11.3 Å². The van der Waals surface area contributed by atoms with Gasteiger partial charge in [-0.2, -0.15) is 0 Å². The Morgan fingerprint density at radius 3 is 2.88 bits per heavy atom. The van der Waals surface area contributed by atoms with Crippen LogP contribution in [0.3, 0.4) is 0 Å². The van der Waals surface area contributed by atoms with E-state index in [0.717, 1.165) is 12.0 Å². The van der Waals surface area contributed by atoms with E-state index in [1.807, 2.05) is 13.0 Å². The van der Waals surface area contributed by atoms with Crippen LogP contribution < -0.4 is 11.1 Å². The number of carbonyl (C=O) groups excluding carboxylic acids is 1. The summed E-state index contributed by atoms with van der Waals surface area (Å²) in [6, 6.07) is 7.16. The van der Waals surface area contributed by atoms with Crippen LogP contribution in [0.25, 0.3) is 0 Å². The quantitative estimate of drug-likeness (QED) is 0.778. The van der Waals surface area contributed by atoms with E-state index >= 15 is 0 Å². The zero-order valence-electron chi connectivity index (χ0n) is 10.3. The van der Waals surface area contributed by atoms with Crippen molar-refractivity contribution in [3.63, 3.8) is 0 Å². The van der Waals surface area contributed by atoms with Crippen molar-refractivity contribution >= 4 is 11.6 Å². The van der Waals surface area contributed by atoms with E-state index in [2.05, 4.69) is 11.2 Å². The highest BCUT2D eigenvalue weighted by atomic mass is 16.2. The summed E-state index contributed by atoms with van der Waals surface area (Å²) in [5.74, 6) is 2.34. The van der Waals surface area contributed by atoms with E-state index in [9.17, 15) is 4.79 Å². The summed E-state index contributed by atoms with van der Waals surface area (Å²) in [4.78, 5) is 11.9. The second-order valence-electron chi connectivity index (χ2n) is 4.35. The van der Waals surface area contributed by atoms with Crippen molar-refractivity contribution in [2.45, 2.75) is 32.2 Å². The molecule has 0 aliphatic carbocycles. The van der Waals surface area contributed by atoms with Gasteiger partial charge in [-0.05, 0) is 31.5 Å². The van der Waals surface area contributed by atoms with Gasteiger partial charge in [0.1, 0.15) is 0 Å². The van der Waals surface area contributed by atoms with E-state index in [0.29, 0.717) is 12.1 Å². The average molecular weight is 230 g/mol. The SMILES string of the molecule is C#Cc1cccc(NC(=O)C(C)(N)CCC)c1. The molecule has 1 atom stereocenters. The third-order valence-electron chi connectivity index (χ3n) is 2.58. The molecule has 0 fully saturated rings. The Morgan fingerprint density at radius 1 is 1.59 bits per heavy atom. The standard InChI is InChI=1S/C14H18N2O/c1-4-9-14(3,15)13(17)16-12-8-6-7-11(5-2)10-12/h2,6-8,10H,4,9,15H2,1,3H3,(H,16,17). The van der Waals surface area contributed by atoms with Crippen molar-refractivity contribution in [1.82, 2.24) is 0 Å². The number of carbonyl (C=O) groups is 1. The molecule has 0 saturated carbocycles. The molecule has 0 saturated heterocycles. The molecule has 1 aromatic carbocycles. The molecule has 1 rings (SSSR count). The predicted octanol–water partition coefficient (Wildman–Crippen LogP) is 2.12. The molecular formula is C14H18N2O. The number of rotatable bonds is 4. The van der Waals surface area contributed by atoms with Crippen molar-refractivity contribution in [2.75, 3.05) is 5.32 Å². The number of amides is 1. The maximum atomic E-state index is 11.9. The minimum Gasteiger partial charge on any atom is -0.324 e. The lowest BCUT2D eigenvalue weighted by Crippen LogP contribution is -2.48. The molecule has 0 aliphatic rings. The van der Waals surface area contributed by atoms with E-state index in [4.69, 9.17) is 12.2 Å². The number of hydrogen-bond donors (Lipinski definition) is 2. The van der Waals surface area contributed by atoms with Crippen LogP contribution >= 0.6 is 0 Å². The normalized spacial score (nSPS) is 13.5. The average Bonchev–Trinajstić information content (AvgIpc) is 2.29. The molecule has 0 radical (unpaired) electrons. The van der Waals surface area contributed by atoms with Crippen molar-refractivity contribution in [3.05, 3.63) is 29.8 Å². The lowest BCUT2D eigenvalue weighted by molar-refractivity contribution is -0.120. The first kappa shape index (κ1) is 13.3. The molecule has 0 bridgehead atoms. The van der Waals surface area contributed by atoms with Crippen LogP contribution in [0, 0.1) is 12.3 Å². The van der Waals surface area contributed by atoms with Crippen molar-refractivity contribution in [2.24, 2.45) is 5.73 Å². The van der Waals surface area contributed by atoms with Crippen LogP contribution in [0.5, 0.6) is 0 Å². The molecule has 3 heteroatoms. The number of benzene rings is 1. The largest absolute Gasteiger partial charge is 0.324 e. The van der Waals surface area contributed by atoms with Crippen LogP contribution in [0.2, 0.25) is 0 Å². The Balaban J connectivity index is 2.78. The first-order valence-electron chi connectivity index (χ1n) is 5.66. The fourth-order valence-corrected chi connectivity index (χ4v) is 1.59. The molecule has 3 nitrogen and oxygen atoms in total.